The summed E-state index contributed by atoms with van der Waals surface area (Å²) in [6, 6.07) is 4.90. The van der Waals surface area contributed by atoms with E-state index in [0.717, 1.165) is 6.08 Å². The molecule has 0 bridgehead atoms. The molecule has 0 saturated carbocycles. The average Bonchev–Trinajstić information content (AvgIpc) is 2.36. The number of amides is 1. The van der Waals surface area contributed by atoms with Crippen LogP contribution in [-0.4, -0.2) is 30.9 Å². The van der Waals surface area contributed by atoms with Crippen molar-refractivity contribution in [1.82, 2.24) is 0 Å². The first-order valence-corrected chi connectivity index (χ1v) is 5.59. The molecule has 0 atom stereocenters. The topological polar surface area (TPSA) is 84.9 Å². The second-order valence-electron chi connectivity index (χ2n) is 3.48. The van der Waals surface area contributed by atoms with Crippen LogP contribution in [0.15, 0.2) is 24.3 Å². The number of carboxylic acid groups (broad SMARTS) is 1. The fourth-order valence-electron chi connectivity index (χ4n) is 1.37. The zero-order valence-corrected chi connectivity index (χ0v) is 10.7. The maximum Gasteiger partial charge on any atom is 0.411 e. The number of carbonyl (C=O) groups excluding carboxylic acids is 1. The van der Waals surface area contributed by atoms with Crippen LogP contribution in [0.2, 0.25) is 0 Å². The monoisotopic (exact) mass is 265 g/mol. The second-order valence-corrected chi connectivity index (χ2v) is 3.48. The van der Waals surface area contributed by atoms with Crippen LogP contribution < -0.4 is 10.1 Å². The standard InChI is InChI=1S/C13H15NO5/c1-3-19-13(17)14-10-8-9(5-7-12(15)16)4-6-11(10)18-2/h4-8H,3H2,1-2H3,(H,14,17)(H,15,16)/b7-5+. The van der Waals surface area contributed by atoms with Gasteiger partial charge in [-0.3, -0.25) is 5.32 Å². The molecule has 0 heterocycles. The summed E-state index contributed by atoms with van der Waals surface area (Å²) in [6.45, 7) is 1.95. The summed E-state index contributed by atoms with van der Waals surface area (Å²) < 4.78 is 9.86. The molecular weight excluding hydrogens is 250 g/mol. The number of carbonyl (C=O) groups is 2. The molecule has 2 N–H and O–H groups in total. The van der Waals surface area contributed by atoms with Crippen LogP contribution in [0.25, 0.3) is 6.08 Å². The molecule has 0 aromatic heterocycles. The number of aliphatic carboxylic acids is 1. The predicted octanol–water partition coefficient (Wildman–Crippen LogP) is 2.36. The number of anilines is 1. The highest BCUT2D eigenvalue weighted by Gasteiger charge is 2.08. The second kappa shape index (κ2) is 7.05. The van der Waals surface area contributed by atoms with Crippen molar-refractivity contribution in [2.24, 2.45) is 0 Å². The molecule has 1 aromatic rings. The number of hydrogen-bond acceptors (Lipinski definition) is 4. The van der Waals surface area contributed by atoms with Crippen LogP contribution in [0.4, 0.5) is 10.5 Å². The quantitative estimate of drug-likeness (QED) is 0.798. The lowest BCUT2D eigenvalue weighted by molar-refractivity contribution is -0.131. The number of benzene rings is 1. The van der Waals surface area contributed by atoms with Crippen molar-refractivity contribution in [3.8, 4) is 5.75 Å². The van der Waals surface area contributed by atoms with E-state index in [2.05, 4.69) is 5.32 Å². The Kier molecular flexibility index (Phi) is 5.40. The lowest BCUT2D eigenvalue weighted by Crippen LogP contribution is -2.14. The van der Waals surface area contributed by atoms with Gasteiger partial charge in [-0.15, -0.1) is 0 Å². The van der Waals surface area contributed by atoms with Gasteiger partial charge in [-0.1, -0.05) is 6.07 Å². The third-order valence-corrected chi connectivity index (χ3v) is 2.15. The molecule has 6 nitrogen and oxygen atoms in total. The highest BCUT2D eigenvalue weighted by atomic mass is 16.5. The van der Waals surface area contributed by atoms with Crippen LogP contribution in [0.3, 0.4) is 0 Å². The first kappa shape index (κ1) is 14.6. The van der Waals surface area contributed by atoms with Gasteiger partial charge in [0.2, 0.25) is 0 Å². The van der Waals surface area contributed by atoms with Gasteiger partial charge >= 0.3 is 12.1 Å². The van der Waals surface area contributed by atoms with E-state index < -0.39 is 12.1 Å². The van der Waals surface area contributed by atoms with Gasteiger partial charge in [-0.25, -0.2) is 9.59 Å². The zero-order valence-electron chi connectivity index (χ0n) is 10.7. The van der Waals surface area contributed by atoms with Crippen molar-refractivity contribution >= 4 is 23.8 Å². The Hall–Kier alpha value is -2.50. The summed E-state index contributed by atoms with van der Waals surface area (Å²) in [5.41, 5.74) is 1.03. The lowest BCUT2D eigenvalue weighted by Gasteiger charge is -2.10. The Morgan fingerprint density at radius 1 is 1.42 bits per heavy atom. The first-order chi connectivity index (χ1) is 9.06. The molecule has 102 valence electrons. The van der Waals surface area contributed by atoms with Gasteiger partial charge in [0.25, 0.3) is 0 Å². The molecule has 0 aliphatic rings. The minimum Gasteiger partial charge on any atom is -0.495 e. The minimum atomic E-state index is -1.05. The molecule has 6 heteroatoms. The molecule has 0 aliphatic heterocycles. The first-order valence-electron chi connectivity index (χ1n) is 5.59. The summed E-state index contributed by atoms with van der Waals surface area (Å²) in [4.78, 5) is 21.8. The van der Waals surface area contributed by atoms with E-state index >= 15 is 0 Å². The van der Waals surface area contributed by atoms with Gasteiger partial charge in [0.15, 0.2) is 0 Å². The van der Waals surface area contributed by atoms with Crippen molar-refractivity contribution in [1.29, 1.82) is 0 Å². The summed E-state index contributed by atoms with van der Waals surface area (Å²) in [6.07, 6.45) is 1.83. The van der Waals surface area contributed by atoms with Crippen molar-refractivity contribution in [3.63, 3.8) is 0 Å². The summed E-state index contributed by atoms with van der Waals surface area (Å²) in [5.74, 6) is -0.587. The van der Waals surface area contributed by atoms with Gasteiger partial charge in [-0.05, 0) is 30.7 Å². The van der Waals surface area contributed by atoms with Gasteiger partial charge < -0.3 is 14.6 Å². The average molecular weight is 265 g/mol. The smallest absolute Gasteiger partial charge is 0.411 e. The lowest BCUT2D eigenvalue weighted by atomic mass is 10.1. The number of rotatable bonds is 5. The van der Waals surface area contributed by atoms with E-state index in [-0.39, 0.29) is 6.61 Å². The molecule has 1 rings (SSSR count). The predicted molar refractivity (Wildman–Crippen MR) is 70.3 cm³/mol. The molecule has 0 spiro atoms. The molecule has 19 heavy (non-hydrogen) atoms. The van der Waals surface area contributed by atoms with Crippen LogP contribution in [-0.2, 0) is 9.53 Å². The molecule has 0 fully saturated rings. The zero-order chi connectivity index (χ0) is 14.3. The van der Waals surface area contributed by atoms with E-state index in [0.29, 0.717) is 17.0 Å². The van der Waals surface area contributed by atoms with Crippen molar-refractivity contribution in [2.75, 3.05) is 19.0 Å². The minimum absolute atomic E-state index is 0.257. The van der Waals surface area contributed by atoms with E-state index in [1.807, 2.05) is 0 Å². The highest BCUT2D eigenvalue weighted by molar-refractivity contribution is 5.89. The van der Waals surface area contributed by atoms with E-state index in [9.17, 15) is 9.59 Å². The van der Waals surface area contributed by atoms with Gasteiger partial charge in [0, 0.05) is 6.08 Å². The van der Waals surface area contributed by atoms with Gasteiger partial charge in [0.1, 0.15) is 5.75 Å². The summed E-state index contributed by atoms with van der Waals surface area (Å²) >= 11 is 0. The number of carboxylic acids is 1. The van der Waals surface area contributed by atoms with E-state index in [1.165, 1.54) is 13.2 Å². The van der Waals surface area contributed by atoms with Crippen molar-refractivity contribution < 1.29 is 24.2 Å². The number of nitrogens with one attached hydrogen (secondary N) is 1. The van der Waals surface area contributed by atoms with Crippen LogP contribution in [0.1, 0.15) is 12.5 Å². The molecule has 0 radical (unpaired) electrons. The normalized spacial score (nSPS) is 10.2. The molecular formula is C13H15NO5. The molecule has 1 amide bonds. The maximum absolute atomic E-state index is 11.4. The summed E-state index contributed by atoms with van der Waals surface area (Å²) in [5, 5.41) is 11.1. The number of hydrogen-bond donors (Lipinski definition) is 2. The fraction of sp³-hybridized carbons (Fsp3) is 0.231. The SMILES string of the molecule is CCOC(=O)Nc1cc(/C=C/C(=O)O)ccc1OC. The molecule has 1 aromatic carbocycles. The van der Waals surface area contributed by atoms with E-state index in [1.54, 1.807) is 25.1 Å². The molecule has 0 aliphatic carbocycles. The third kappa shape index (κ3) is 4.71. The van der Waals surface area contributed by atoms with Gasteiger partial charge in [-0.2, -0.15) is 0 Å². The Morgan fingerprint density at radius 2 is 2.16 bits per heavy atom. The van der Waals surface area contributed by atoms with Crippen LogP contribution in [0, 0.1) is 0 Å². The van der Waals surface area contributed by atoms with Crippen molar-refractivity contribution in [2.45, 2.75) is 6.92 Å². The molecule has 0 unspecified atom stereocenters. The Morgan fingerprint density at radius 3 is 2.74 bits per heavy atom. The number of methoxy groups -OCH3 is 1. The largest absolute Gasteiger partial charge is 0.495 e. The molecule has 0 saturated heterocycles. The van der Waals surface area contributed by atoms with E-state index in [4.69, 9.17) is 14.6 Å². The van der Waals surface area contributed by atoms with Crippen LogP contribution in [0.5, 0.6) is 5.75 Å². The van der Waals surface area contributed by atoms with Crippen molar-refractivity contribution in [3.05, 3.63) is 29.8 Å². The maximum atomic E-state index is 11.4. The summed E-state index contributed by atoms with van der Waals surface area (Å²) in [7, 11) is 1.47. The van der Waals surface area contributed by atoms with Gasteiger partial charge in [0.05, 0.1) is 19.4 Å². The Bertz CT molecular complexity index is 496. The Balaban J connectivity index is 2.95. The fourth-order valence-corrected chi connectivity index (χ4v) is 1.37. The van der Waals surface area contributed by atoms with Crippen LogP contribution >= 0.6 is 0 Å². The number of ether oxygens (including phenoxy) is 2. The third-order valence-electron chi connectivity index (χ3n) is 2.15. The Labute approximate surface area is 110 Å². The highest BCUT2D eigenvalue weighted by Crippen LogP contribution is 2.26.